The van der Waals surface area contributed by atoms with E-state index in [1.165, 1.54) is 6.07 Å². The number of hydrogen-bond acceptors (Lipinski definition) is 6. The fourth-order valence-corrected chi connectivity index (χ4v) is 3.88. The van der Waals surface area contributed by atoms with Gasteiger partial charge in [0.1, 0.15) is 10.6 Å². The molecule has 4 N–H and O–H groups in total. The van der Waals surface area contributed by atoms with Crippen LogP contribution < -0.4 is 11.1 Å². The average molecular weight is 470 g/mol. The summed E-state index contributed by atoms with van der Waals surface area (Å²) in [6, 6.07) is 23.2. The van der Waals surface area contributed by atoms with E-state index < -0.39 is 10.1 Å². The van der Waals surface area contributed by atoms with E-state index in [2.05, 4.69) is 15.5 Å². The summed E-state index contributed by atoms with van der Waals surface area (Å²) in [7, 11) is -4.49. The SMILES string of the molecule is Nc1c(N=Nc2ccc(C(=O)Nc3ccccc3)cc2)cc(S(=O)(=O)O)c2ccccc12.[NaH]. The first-order chi connectivity index (χ1) is 15.3. The Hall–Kier alpha value is -3.08. The number of fused-ring (bicyclic) bond motifs is 1. The number of amides is 1. The molecule has 1 amide bonds. The maximum atomic E-state index is 12.3. The van der Waals surface area contributed by atoms with Crippen molar-refractivity contribution in [1.29, 1.82) is 0 Å². The Labute approximate surface area is 212 Å². The van der Waals surface area contributed by atoms with Crippen LogP contribution in [0.15, 0.2) is 100 Å². The fraction of sp³-hybridized carbons (Fsp3) is 0. The summed E-state index contributed by atoms with van der Waals surface area (Å²) in [5.74, 6) is -0.267. The Bertz CT molecular complexity index is 1440. The number of nitrogens with two attached hydrogens (primary N) is 1. The number of nitrogen functional groups attached to an aromatic ring is 1. The van der Waals surface area contributed by atoms with Gasteiger partial charge in [-0.05, 0) is 42.5 Å². The summed E-state index contributed by atoms with van der Waals surface area (Å²) >= 11 is 0. The molecular weight excluding hydrogens is 451 g/mol. The van der Waals surface area contributed by atoms with Crippen LogP contribution in [0.1, 0.15) is 10.4 Å². The molecule has 0 aliphatic rings. The van der Waals surface area contributed by atoms with Crippen LogP contribution in [0, 0.1) is 0 Å². The van der Waals surface area contributed by atoms with Crippen LogP contribution in [0.25, 0.3) is 10.8 Å². The van der Waals surface area contributed by atoms with Crippen molar-refractivity contribution in [3.05, 3.63) is 90.5 Å². The minimum absolute atomic E-state index is 0. The van der Waals surface area contributed by atoms with Crippen molar-refractivity contribution >= 4 is 79.1 Å². The zero-order valence-corrected chi connectivity index (χ0v) is 17.5. The van der Waals surface area contributed by atoms with Gasteiger partial charge in [0.05, 0.1) is 11.4 Å². The van der Waals surface area contributed by atoms with Gasteiger partial charge in [0.25, 0.3) is 16.0 Å². The molecule has 4 aromatic carbocycles. The molecule has 162 valence electrons. The second-order valence-electron chi connectivity index (χ2n) is 6.90. The molecule has 8 nitrogen and oxygen atoms in total. The first-order valence-corrected chi connectivity index (χ1v) is 10.9. The van der Waals surface area contributed by atoms with Gasteiger partial charge in [-0.25, -0.2) is 0 Å². The number of nitrogens with one attached hydrogen (secondary N) is 1. The van der Waals surface area contributed by atoms with Crippen LogP contribution in [-0.4, -0.2) is 48.4 Å². The zero-order valence-electron chi connectivity index (χ0n) is 16.6. The minimum atomic E-state index is -4.49. The standard InChI is InChI=1S/C23H18N4O4S.Na.H/c24-22-19-9-5-4-8-18(19)21(32(29,30)31)14-20(22)27-26-17-12-10-15(11-13-17)23(28)25-16-6-2-1-3-7-16;;/h1-14H,24H2,(H,25,28)(H,29,30,31);;. The molecule has 0 atom stereocenters. The number of carbonyl (C=O) groups is 1. The summed E-state index contributed by atoms with van der Waals surface area (Å²) in [6.45, 7) is 0. The van der Waals surface area contributed by atoms with Gasteiger partial charge in [0.15, 0.2) is 0 Å². The molecule has 0 saturated heterocycles. The van der Waals surface area contributed by atoms with Gasteiger partial charge < -0.3 is 11.1 Å². The van der Waals surface area contributed by atoms with E-state index >= 15 is 0 Å². The normalized spacial score (nSPS) is 11.3. The van der Waals surface area contributed by atoms with Gasteiger partial charge in [0, 0.05) is 22.0 Å². The third-order valence-corrected chi connectivity index (χ3v) is 5.63. The first kappa shape index (κ1) is 24.6. The first-order valence-electron chi connectivity index (χ1n) is 9.50. The predicted octanol–water partition coefficient (Wildman–Crippen LogP) is 4.69. The van der Waals surface area contributed by atoms with Gasteiger partial charge in [0.2, 0.25) is 0 Å². The molecule has 0 aliphatic heterocycles. The van der Waals surface area contributed by atoms with E-state index in [9.17, 15) is 17.8 Å². The van der Waals surface area contributed by atoms with Crippen LogP contribution in [0.4, 0.5) is 22.7 Å². The molecule has 4 aromatic rings. The summed E-state index contributed by atoms with van der Waals surface area (Å²) in [5.41, 5.74) is 8.03. The van der Waals surface area contributed by atoms with Crippen molar-refractivity contribution in [2.45, 2.75) is 4.90 Å². The van der Waals surface area contributed by atoms with Crippen LogP contribution in [0.5, 0.6) is 0 Å². The molecule has 0 fully saturated rings. The molecule has 10 heteroatoms. The quantitative estimate of drug-likeness (QED) is 0.168. The van der Waals surface area contributed by atoms with Crippen molar-refractivity contribution in [1.82, 2.24) is 0 Å². The van der Waals surface area contributed by atoms with Crippen LogP contribution >= 0.6 is 0 Å². The van der Waals surface area contributed by atoms with Crippen molar-refractivity contribution in [3.8, 4) is 0 Å². The summed E-state index contributed by atoms with van der Waals surface area (Å²) in [4.78, 5) is 12.0. The van der Waals surface area contributed by atoms with Crippen LogP contribution in [-0.2, 0) is 10.1 Å². The van der Waals surface area contributed by atoms with E-state index in [-0.39, 0.29) is 51.7 Å². The number of nitrogens with zero attached hydrogens (tertiary/aromatic N) is 2. The Morgan fingerprint density at radius 1 is 0.848 bits per heavy atom. The molecular formula is C23H19N4NaO4S. The molecule has 0 radical (unpaired) electrons. The molecule has 33 heavy (non-hydrogen) atoms. The van der Waals surface area contributed by atoms with E-state index in [0.717, 1.165) is 0 Å². The van der Waals surface area contributed by atoms with Crippen molar-refractivity contribution in [2.24, 2.45) is 10.2 Å². The Balaban J connectivity index is 0.00000306. The Kier molecular flexibility index (Phi) is 7.62. The van der Waals surface area contributed by atoms with Crippen molar-refractivity contribution in [2.75, 3.05) is 11.1 Å². The molecule has 4 rings (SSSR count). The molecule has 0 saturated carbocycles. The Morgan fingerprint density at radius 3 is 2.09 bits per heavy atom. The number of hydrogen-bond donors (Lipinski definition) is 3. The van der Waals surface area contributed by atoms with Crippen LogP contribution in [0.2, 0.25) is 0 Å². The van der Waals surface area contributed by atoms with E-state index in [4.69, 9.17) is 5.73 Å². The number of carbonyl (C=O) groups excluding carboxylic acids is 1. The molecule has 0 bridgehead atoms. The van der Waals surface area contributed by atoms with E-state index in [1.54, 1.807) is 60.7 Å². The number of anilines is 2. The number of azo groups is 1. The molecule has 0 heterocycles. The van der Waals surface area contributed by atoms with E-state index in [1.807, 2.05) is 18.2 Å². The fourth-order valence-electron chi connectivity index (χ4n) is 3.16. The van der Waals surface area contributed by atoms with Crippen LogP contribution in [0.3, 0.4) is 0 Å². The number of para-hydroxylation sites is 1. The average Bonchev–Trinajstić information content (AvgIpc) is 2.79. The summed E-state index contributed by atoms with van der Waals surface area (Å²) in [6.07, 6.45) is 0. The summed E-state index contributed by atoms with van der Waals surface area (Å²) in [5, 5.41) is 11.7. The topological polar surface area (TPSA) is 134 Å². The second-order valence-corrected chi connectivity index (χ2v) is 8.29. The van der Waals surface area contributed by atoms with Gasteiger partial charge >= 0.3 is 29.6 Å². The third-order valence-electron chi connectivity index (χ3n) is 4.74. The number of rotatable bonds is 5. The van der Waals surface area contributed by atoms with Gasteiger partial charge in [-0.1, -0.05) is 42.5 Å². The molecule has 0 unspecified atom stereocenters. The summed E-state index contributed by atoms with van der Waals surface area (Å²) < 4.78 is 33.2. The maximum absolute atomic E-state index is 12.3. The van der Waals surface area contributed by atoms with E-state index in [0.29, 0.717) is 27.7 Å². The molecule has 0 aromatic heterocycles. The van der Waals surface area contributed by atoms with Gasteiger partial charge in [-0.2, -0.15) is 13.5 Å². The third kappa shape index (κ3) is 5.65. The van der Waals surface area contributed by atoms with Crippen molar-refractivity contribution in [3.63, 3.8) is 0 Å². The monoisotopic (exact) mass is 470 g/mol. The number of benzene rings is 4. The second kappa shape index (κ2) is 10.2. The van der Waals surface area contributed by atoms with Gasteiger partial charge in [-0.3, -0.25) is 9.35 Å². The predicted molar refractivity (Wildman–Crippen MR) is 130 cm³/mol. The molecule has 0 aliphatic carbocycles. The zero-order chi connectivity index (χ0) is 22.7. The molecule has 0 spiro atoms. The van der Waals surface area contributed by atoms with Crippen molar-refractivity contribution < 1.29 is 17.8 Å². The van der Waals surface area contributed by atoms with Gasteiger partial charge in [-0.15, -0.1) is 5.11 Å². The Morgan fingerprint density at radius 2 is 1.45 bits per heavy atom.